The zero-order chi connectivity index (χ0) is 17.3. The monoisotopic (exact) mass is 330 g/mol. The lowest BCUT2D eigenvalue weighted by molar-refractivity contribution is -0.125. The first kappa shape index (κ1) is 16.6. The van der Waals surface area contributed by atoms with Crippen LogP contribution in [0.5, 0.6) is 0 Å². The van der Waals surface area contributed by atoms with Crippen molar-refractivity contribution in [2.45, 2.75) is 25.8 Å². The number of benzene rings is 1. The summed E-state index contributed by atoms with van der Waals surface area (Å²) in [5.41, 5.74) is 2.57. The van der Waals surface area contributed by atoms with Crippen molar-refractivity contribution in [3.8, 4) is 0 Å². The minimum Gasteiger partial charge on any atom is -0.349 e. The maximum absolute atomic E-state index is 13.4. The molecule has 3 atom stereocenters. The predicted octanol–water partition coefficient (Wildman–Crippen LogP) is 2.05. The van der Waals surface area contributed by atoms with Crippen LogP contribution in [-0.2, 0) is 11.8 Å². The molecule has 1 amide bonds. The summed E-state index contributed by atoms with van der Waals surface area (Å²) in [7, 11) is 1.87. The molecule has 0 aliphatic carbocycles. The van der Waals surface area contributed by atoms with Crippen molar-refractivity contribution < 1.29 is 9.18 Å². The Morgan fingerprint density at radius 2 is 2.25 bits per heavy atom. The third-order valence-corrected chi connectivity index (χ3v) is 4.74. The molecule has 1 aliphatic rings. The number of nitrogens with zero attached hydrogens (tertiary/aromatic N) is 2. The molecule has 1 fully saturated rings. The summed E-state index contributed by atoms with van der Waals surface area (Å²) in [4.78, 5) is 12.7. The highest BCUT2D eigenvalue weighted by Crippen LogP contribution is 2.28. The van der Waals surface area contributed by atoms with E-state index in [0.29, 0.717) is 12.1 Å². The minimum absolute atomic E-state index is 0.0170. The molecule has 2 N–H and O–H groups in total. The summed E-state index contributed by atoms with van der Waals surface area (Å²) < 4.78 is 15.2. The van der Waals surface area contributed by atoms with Crippen LogP contribution in [0.2, 0.25) is 0 Å². The zero-order valence-corrected chi connectivity index (χ0v) is 14.2. The number of nitrogens with one attached hydrogen (secondary N) is 2. The lowest BCUT2D eigenvalue weighted by Crippen LogP contribution is -2.36. The summed E-state index contributed by atoms with van der Waals surface area (Å²) >= 11 is 0. The first-order chi connectivity index (χ1) is 11.5. The van der Waals surface area contributed by atoms with Gasteiger partial charge in [0.1, 0.15) is 5.82 Å². The van der Waals surface area contributed by atoms with E-state index in [0.717, 1.165) is 17.7 Å². The van der Waals surface area contributed by atoms with Gasteiger partial charge in [-0.05, 0) is 36.6 Å². The van der Waals surface area contributed by atoms with Gasteiger partial charge >= 0.3 is 0 Å². The highest BCUT2D eigenvalue weighted by molar-refractivity contribution is 5.81. The van der Waals surface area contributed by atoms with Gasteiger partial charge in [-0.3, -0.25) is 9.48 Å². The van der Waals surface area contributed by atoms with E-state index in [1.54, 1.807) is 23.7 Å². The van der Waals surface area contributed by atoms with Gasteiger partial charge in [0.25, 0.3) is 0 Å². The maximum atomic E-state index is 13.4. The standard InChI is InChI=1S/C18H23FN4O/c1-11-6-13(4-5-17(11)19)12(2)22-18(24)16-9-20-8-15(16)14-7-21-23(3)10-14/h4-7,10,12,15-16,20H,8-9H2,1-3H3,(H,22,24)/t12?,15-,16+/m1/s1. The molecule has 1 unspecified atom stereocenters. The molecular formula is C18H23FN4O. The van der Waals surface area contributed by atoms with Gasteiger partial charge in [0, 0.05) is 32.3 Å². The van der Waals surface area contributed by atoms with Crippen LogP contribution in [0.15, 0.2) is 30.6 Å². The van der Waals surface area contributed by atoms with Crippen LogP contribution in [0.1, 0.15) is 35.6 Å². The zero-order valence-electron chi connectivity index (χ0n) is 14.2. The molecule has 0 spiro atoms. The second kappa shape index (κ2) is 6.73. The van der Waals surface area contributed by atoms with Crippen LogP contribution in [-0.4, -0.2) is 28.8 Å². The number of carbonyl (C=O) groups excluding carboxylic acids is 1. The van der Waals surface area contributed by atoms with Gasteiger partial charge in [-0.2, -0.15) is 5.10 Å². The lowest BCUT2D eigenvalue weighted by Gasteiger charge is -2.21. The molecule has 2 heterocycles. The van der Waals surface area contributed by atoms with E-state index in [1.807, 2.05) is 26.4 Å². The van der Waals surface area contributed by atoms with Gasteiger partial charge in [0.15, 0.2) is 0 Å². The highest BCUT2D eigenvalue weighted by atomic mass is 19.1. The van der Waals surface area contributed by atoms with E-state index in [1.165, 1.54) is 6.07 Å². The fourth-order valence-electron chi connectivity index (χ4n) is 3.28. The molecule has 24 heavy (non-hydrogen) atoms. The van der Waals surface area contributed by atoms with Crippen molar-refractivity contribution in [1.29, 1.82) is 0 Å². The van der Waals surface area contributed by atoms with Crippen molar-refractivity contribution in [3.63, 3.8) is 0 Å². The fraction of sp³-hybridized carbons (Fsp3) is 0.444. The minimum atomic E-state index is -0.228. The Bertz CT molecular complexity index is 742. The number of halogens is 1. The molecule has 1 aromatic carbocycles. The highest BCUT2D eigenvalue weighted by Gasteiger charge is 2.35. The number of rotatable bonds is 4. The van der Waals surface area contributed by atoms with Crippen LogP contribution < -0.4 is 10.6 Å². The maximum Gasteiger partial charge on any atom is 0.225 e. The molecule has 1 saturated heterocycles. The van der Waals surface area contributed by atoms with E-state index in [4.69, 9.17) is 0 Å². The molecule has 0 saturated carbocycles. The fourth-order valence-corrected chi connectivity index (χ4v) is 3.28. The Morgan fingerprint density at radius 3 is 2.92 bits per heavy atom. The molecule has 1 aromatic heterocycles. The van der Waals surface area contributed by atoms with Crippen LogP contribution >= 0.6 is 0 Å². The van der Waals surface area contributed by atoms with Gasteiger partial charge in [0.2, 0.25) is 5.91 Å². The Kier molecular flexibility index (Phi) is 4.66. The van der Waals surface area contributed by atoms with E-state index >= 15 is 0 Å². The van der Waals surface area contributed by atoms with Crippen molar-refractivity contribution >= 4 is 5.91 Å². The first-order valence-corrected chi connectivity index (χ1v) is 8.21. The van der Waals surface area contributed by atoms with Crippen LogP contribution in [0.3, 0.4) is 0 Å². The van der Waals surface area contributed by atoms with Crippen molar-refractivity contribution in [3.05, 3.63) is 53.1 Å². The molecular weight excluding hydrogens is 307 g/mol. The molecule has 0 bridgehead atoms. The lowest BCUT2D eigenvalue weighted by atomic mass is 9.90. The molecule has 1 aliphatic heterocycles. The van der Waals surface area contributed by atoms with Crippen LogP contribution in [0, 0.1) is 18.7 Å². The Morgan fingerprint density at radius 1 is 1.46 bits per heavy atom. The number of aryl methyl sites for hydroxylation is 2. The Balaban J connectivity index is 1.70. The van der Waals surface area contributed by atoms with Crippen molar-refractivity contribution in [2.24, 2.45) is 13.0 Å². The molecule has 128 valence electrons. The van der Waals surface area contributed by atoms with Crippen molar-refractivity contribution in [1.82, 2.24) is 20.4 Å². The Labute approximate surface area is 141 Å². The van der Waals surface area contributed by atoms with Gasteiger partial charge in [0.05, 0.1) is 18.2 Å². The molecule has 5 nitrogen and oxygen atoms in total. The molecule has 6 heteroatoms. The van der Waals surface area contributed by atoms with Crippen LogP contribution in [0.4, 0.5) is 4.39 Å². The molecule has 2 aromatic rings. The summed E-state index contributed by atoms with van der Waals surface area (Å²) in [5.74, 6) is -0.212. The van der Waals surface area contributed by atoms with E-state index < -0.39 is 0 Å². The normalized spacial score (nSPS) is 21.7. The third kappa shape index (κ3) is 3.33. The van der Waals surface area contributed by atoms with E-state index in [2.05, 4.69) is 15.7 Å². The number of carbonyl (C=O) groups is 1. The number of hydrogen-bond acceptors (Lipinski definition) is 3. The van der Waals surface area contributed by atoms with Gasteiger partial charge in [-0.25, -0.2) is 4.39 Å². The van der Waals surface area contributed by atoms with Gasteiger partial charge in [-0.1, -0.05) is 12.1 Å². The van der Waals surface area contributed by atoms with Crippen LogP contribution in [0.25, 0.3) is 0 Å². The Hall–Kier alpha value is -2.21. The average Bonchev–Trinajstić information content (AvgIpc) is 3.18. The number of hydrogen-bond donors (Lipinski definition) is 2. The summed E-state index contributed by atoms with van der Waals surface area (Å²) in [6.07, 6.45) is 3.79. The largest absolute Gasteiger partial charge is 0.349 e. The summed E-state index contributed by atoms with van der Waals surface area (Å²) in [6.45, 7) is 5.08. The summed E-state index contributed by atoms with van der Waals surface area (Å²) in [5, 5.41) is 10.6. The second-order valence-corrected chi connectivity index (χ2v) is 6.56. The quantitative estimate of drug-likeness (QED) is 0.902. The summed E-state index contributed by atoms with van der Waals surface area (Å²) in [6, 6.07) is 4.79. The first-order valence-electron chi connectivity index (χ1n) is 8.21. The molecule has 0 radical (unpaired) electrons. The predicted molar refractivity (Wildman–Crippen MR) is 90.0 cm³/mol. The number of aromatic nitrogens is 2. The average molecular weight is 330 g/mol. The SMILES string of the molecule is Cc1cc(C(C)NC(=O)[C@H]2CNC[C@@H]2c2cnn(C)c2)ccc1F. The van der Waals surface area contributed by atoms with E-state index in [-0.39, 0.29) is 29.6 Å². The second-order valence-electron chi connectivity index (χ2n) is 6.56. The topological polar surface area (TPSA) is 59.0 Å². The number of amides is 1. The van der Waals surface area contributed by atoms with Gasteiger partial charge < -0.3 is 10.6 Å². The smallest absolute Gasteiger partial charge is 0.225 e. The third-order valence-electron chi connectivity index (χ3n) is 4.74. The molecule has 3 rings (SSSR count). The van der Waals surface area contributed by atoms with E-state index in [9.17, 15) is 9.18 Å². The van der Waals surface area contributed by atoms with Gasteiger partial charge in [-0.15, -0.1) is 0 Å². The van der Waals surface area contributed by atoms with Crippen molar-refractivity contribution in [2.75, 3.05) is 13.1 Å².